The molecule has 0 radical (unpaired) electrons. The first-order valence-corrected chi connectivity index (χ1v) is 5.61. The van der Waals surface area contributed by atoms with Crippen LogP contribution in [0.5, 0.6) is 11.5 Å². The Morgan fingerprint density at radius 1 is 1.17 bits per heavy atom. The van der Waals surface area contributed by atoms with E-state index in [9.17, 15) is 4.39 Å². The van der Waals surface area contributed by atoms with Crippen molar-refractivity contribution in [2.45, 2.75) is 6.92 Å². The Balaban J connectivity index is 2.37. The van der Waals surface area contributed by atoms with Crippen LogP contribution in [0.25, 0.3) is 0 Å². The number of benzene rings is 2. The minimum atomic E-state index is -0.466. The van der Waals surface area contributed by atoms with Gasteiger partial charge in [-0.15, -0.1) is 0 Å². The van der Waals surface area contributed by atoms with Crippen LogP contribution < -0.4 is 4.74 Å². The molecule has 0 amide bonds. The van der Waals surface area contributed by atoms with E-state index in [2.05, 4.69) is 0 Å². The lowest BCUT2D eigenvalue weighted by Gasteiger charge is -2.10. The largest absolute Gasteiger partial charge is 0.456 e. The van der Waals surface area contributed by atoms with Gasteiger partial charge >= 0.3 is 0 Å². The summed E-state index contributed by atoms with van der Waals surface area (Å²) in [5.41, 5.74) is 1.00. The van der Waals surface area contributed by atoms with Crippen LogP contribution in [-0.2, 0) is 0 Å². The second-order valence-electron chi connectivity index (χ2n) is 3.76. The molecule has 2 aromatic carbocycles. The summed E-state index contributed by atoms with van der Waals surface area (Å²) in [5, 5.41) is 9.53. The fourth-order valence-corrected chi connectivity index (χ4v) is 1.75. The van der Waals surface area contributed by atoms with E-state index in [0.29, 0.717) is 16.5 Å². The van der Waals surface area contributed by atoms with E-state index in [0.717, 1.165) is 11.6 Å². The summed E-state index contributed by atoms with van der Waals surface area (Å²) < 4.78 is 18.6. The molecule has 0 atom stereocenters. The highest BCUT2D eigenvalue weighted by Crippen LogP contribution is 2.29. The minimum absolute atomic E-state index is 0.157. The van der Waals surface area contributed by atoms with Gasteiger partial charge in [0.05, 0.1) is 5.56 Å². The third kappa shape index (κ3) is 2.61. The molecule has 4 heteroatoms. The van der Waals surface area contributed by atoms with Crippen molar-refractivity contribution in [1.82, 2.24) is 0 Å². The highest BCUT2D eigenvalue weighted by atomic mass is 35.5. The minimum Gasteiger partial charge on any atom is -0.456 e. The van der Waals surface area contributed by atoms with Crippen molar-refractivity contribution in [3.05, 3.63) is 58.4 Å². The third-order valence-electron chi connectivity index (χ3n) is 2.42. The van der Waals surface area contributed by atoms with E-state index in [4.69, 9.17) is 21.6 Å². The average molecular weight is 262 g/mol. The number of hydrogen-bond acceptors (Lipinski definition) is 2. The molecule has 0 aliphatic heterocycles. The Morgan fingerprint density at radius 2 is 1.89 bits per heavy atom. The highest BCUT2D eigenvalue weighted by molar-refractivity contribution is 6.30. The van der Waals surface area contributed by atoms with E-state index in [1.807, 2.05) is 13.0 Å². The molecule has 0 unspecified atom stereocenters. The monoisotopic (exact) mass is 261 g/mol. The molecule has 0 aromatic heterocycles. The highest BCUT2D eigenvalue weighted by Gasteiger charge is 2.08. The zero-order valence-corrected chi connectivity index (χ0v) is 10.3. The van der Waals surface area contributed by atoms with Crippen molar-refractivity contribution in [2.24, 2.45) is 0 Å². The van der Waals surface area contributed by atoms with Gasteiger partial charge in [0, 0.05) is 5.02 Å². The Morgan fingerprint density at radius 3 is 2.56 bits per heavy atom. The van der Waals surface area contributed by atoms with E-state index >= 15 is 0 Å². The Hall–Kier alpha value is -2.05. The zero-order chi connectivity index (χ0) is 13.1. The molecular weight excluding hydrogens is 253 g/mol. The van der Waals surface area contributed by atoms with Gasteiger partial charge in [-0.05, 0) is 48.9 Å². The van der Waals surface area contributed by atoms with E-state index < -0.39 is 5.82 Å². The molecule has 0 aliphatic rings. The standard InChI is InChI=1S/C14H9ClFNO/c1-9-6-11(15)2-4-13(9)18-14-5-3-12(16)7-10(14)8-17/h2-7H,1H3. The van der Waals surface area contributed by atoms with Crippen molar-refractivity contribution in [3.8, 4) is 17.6 Å². The smallest absolute Gasteiger partial charge is 0.145 e. The summed E-state index contributed by atoms with van der Waals surface area (Å²) in [6.07, 6.45) is 0. The SMILES string of the molecule is Cc1cc(Cl)ccc1Oc1ccc(F)cc1C#N. The van der Waals surface area contributed by atoms with Gasteiger partial charge in [0.25, 0.3) is 0 Å². The van der Waals surface area contributed by atoms with Crippen molar-refractivity contribution in [3.63, 3.8) is 0 Å². The lowest BCUT2D eigenvalue weighted by Crippen LogP contribution is -1.91. The van der Waals surface area contributed by atoms with Crippen LogP contribution >= 0.6 is 11.6 Å². The van der Waals surface area contributed by atoms with E-state index in [1.54, 1.807) is 18.2 Å². The first-order valence-electron chi connectivity index (χ1n) is 5.24. The van der Waals surface area contributed by atoms with Crippen LogP contribution in [-0.4, -0.2) is 0 Å². The van der Waals surface area contributed by atoms with Crippen LogP contribution in [0.2, 0.25) is 5.02 Å². The molecule has 18 heavy (non-hydrogen) atoms. The molecule has 0 N–H and O–H groups in total. The van der Waals surface area contributed by atoms with Gasteiger partial charge in [-0.25, -0.2) is 4.39 Å². The maximum Gasteiger partial charge on any atom is 0.145 e. The Labute approximate surface area is 109 Å². The molecule has 0 saturated carbocycles. The molecule has 0 bridgehead atoms. The summed E-state index contributed by atoms with van der Waals surface area (Å²) in [6, 6.07) is 10.9. The lowest BCUT2D eigenvalue weighted by molar-refractivity contribution is 0.475. The van der Waals surface area contributed by atoms with Crippen molar-refractivity contribution < 1.29 is 9.13 Å². The number of ether oxygens (including phenoxy) is 1. The molecule has 0 aliphatic carbocycles. The normalized spacial score (nSPS) is 9.89. The molecule has 2 nitrogen and oxygen atoms in total. The van der Waals surface area contributed by atoms with Crippen LogP contribution in [0.1, 0.15) is 11.1 Å². The summed E-state index contributed by atoms with van der Waals surface area (Å²) in [5.74, 6) is 0.443. The molecule has 2 rings (SSSR count). The fraction of sp³-hybridized carbons (Fsp3) is 0.0714. The van der Waals surface area contributed by atoms with Crippen LogP contribution in [0.3, 0.4) is 0 Å². The number of hydrogen-bond donors (Lipinski definition) is 0. The zero-order valence-electron chi connectivity index (χ0n) is 9.58. The van der Waals surface area contributed by atoms with Crippen LogP contribution in [0, 0.1) is 24.1 Å². The van der Waals surface area contributed by atoms with Gasteiger partial charge < -0.3 is 4.74 Å². The second-order valence-corrected chi connectivity index (χ2v) is 4.20. The first-order chi connectivity index (χ1) is 8.60. The molecule has 0 spiro atoms. The van der Waals surface area contributed by atoms with Gasteiger partial charge in [-0.2, -0.15) is 5.26 Å². The van der Waals surface area contributed by atoms with Crippen LogP contribution in [0.15, 0.2) is 36.4 Å². The Kier molecular flexibility index (Phi) is 3.50. The van der Waals surface area contributed by atoms with Gasteiger partial charge in [-0.1, -0.05) is 11.6 Å². The summed E-state index contributed by atoms with van der Waals surface area (Å²) in [6.45, 7) is 1.84. The molecule has 0 heterocycles. The molecule has 0 saturated heterocycles. The molecule has 0 fully saturated rings. The second kappa shape index (κ2) is 5.07. The van der Waals surface area contributed by atoms with E-state index in [1.165, 1.54) is 12.1 Å². The Bertz CT molecular complexity index is 634. The molecule has 2 aromatic rings. The number of nitriles is 1. The van der Waals surface area contributed by atoms with Crippen LogP contribution in [0.4, 0.5) is 4.39 Å². The topological polar surface area (TPSA) is 33.0 Å². The van der Waals surface area contributed by atoms with E-state index in [-0.39, 0.29) is 5.56 Å². The average Bonchev–Trinajstić information content (AvgIpc) is 2.34. The number of rotatable bonds is 2. The quantitative estimate of drug-likeness (QED) is 0.800. The molecular formula is C14H9ClFNO. The third-order valence-corrected chi connectivity index (χ3v) is 2.65. The number of aryl methyl sites for hydroxylation is 1. The number of halogens is 2. The lowest BCUT2D eigenvalue weighted by atomic mass is 10.2. The van der Waals surface area contributed by atoms with Crippen molar-refractivity contribution >= 4 is 11.6 Å². The van der Waals surface area contributed by atoms with Crippen molar-refractivity contribution in [2.75, 3.05) is 0 Å². The fourth-order valence-electron chi connectivity index (χ4n) is 1.52. The van der Waals surface area contributed by atoms with Crippen molar-refractivity contribution in [1.29, 1.82) is 5.26 Å². The van der Waals surface area contributed by atoms with Gasteiger partial charge in [0.1, 0.15) is 23.4 Å². The van der Waals surface area contributed by atoms with Gasteiger partial charge in [0.2, 0.25) is 0 Å². The summed E-state index contributed by atoms with van der Waals surface area (Å²) in [4.78, 5) is 0. The predicted octanol–water partition coefficient (Wildman–Crippen LogP) is 4.45. The maximum atomic E-state index is 13.0. The van der Waals surface area contributed by atoms with Gasteiger partial charge in [-0.3, -0.25) is 0 Å². The van der Waals surface area contributed by atoms with Gasteiger partial charge in [0.15, 0.2) is 0 Å². The summed E-state index contributed by atoms with van der Waals surface area (Å²) >= 11 is 5.84. The number of nitrogens with zero attached hydrogens (tertiary/aromatic N) is 1. The summed E-state index contributed by atoms with van der Waals surface area (Å²) in [7, 11) is 0. The molecule has 90 valence electrons. The first kappa shape index (κ1) is 12.4. The maximum absolute atomic E-state index is 13.0. The predicted molar refractivity (Wildman–Crippen MR) is 67.4 cm³/mol.